The molecule has 0 aliphatic heterocycles. The van der Waals surface area contributed by atoms with Crippen LogP contribution in [0, 0.1) is 13.8 Å². The lowest BCUT2D eigenvalue weighted by molar-refractivity contribution is 0.111. The molecule has 0 aliphatic rings. The molecule has 2 nitrogen and oxygen atoms in total. The van der Waals surface area contributed by atoms with E-state index < -0.39 is 0 Å². The normalized spacial score (nSPS) is 11.4. The molecule has 2 heteroatoms. The lowest BCUT2D eigenvalue weighted by Gasteiger charge is -2.09. The van der Waals surface area contributed by atoms with E-state index in [9.17, 15) is 9.59 Å². The molecule has 0 unspecified atom stereocenters. The van der Waals surface area contributed by atoms with Gasteiger partial charge >= 0.3 is 0 Å². The van der Waals surface area contributed by atoms with E-state index in [1.54, 1.807) is 0 Å². The van der Waals surface area contributed by atoms with Crippen molar-refractivity contribution in [3.63, 3.8) is 0 Å². The number of hydrogen-bond donors (Lipinski definition) is 0. The molecule has 4 rings (SSSR count). The minimum Gasteiger partial charge on any atom is -0.298 e. The predicted molar refractivity (Wildman–Crippen MR) is 135 cm³/mol. The second-order valence-corrected chi connectivity index (χ2v) is 7.92. The van der Waals surface area contributed by atoms with Gasteiger partial charge in [-0.05, 0) is 70.1 Å². The molecule has 0 heterocycles. The Balaban J connectivity index is 1.78. The first-order valence-electron chi connectivity index (χ1n) is 10.6. The smallest absolute Gasteiger partial charge is 0.150 e. The largest absolute Gasteiger partial charge is 0.298 e. The Kier molecular flexibility index (Phi) is 6.23. The highest BCUT2D eigenvalue weighted by molar-refractivity contribution is 5.97. The van der Waals surface area contributed by atoms with Crippen LogP contribution in [0.3, 0.4) is 0 Å². The van der Waals surface area contributed by atoms with Crippen LogP contribution in [0.1, 0.15) is 54.1 Å². The zero-order chi connectivity index (χ0) is 22.5. The Morgan fingerprint density at radius 2 is 1.09 bits per heavy atom. The first-order chi connectivity index (χ1) is 15.6. The third-order valence-electron chi connectivity index (χ3n) is 5.74. The summed E-state index contributed by atoms with van der Waals surface area (Å²) < 4.78 is 0. The quantitative estimate of drug-likeness (QED) is 0.242. The van der Waals surface area contributed by atoms with Crippen LogP contribution >= 0.6 is 0 Å². The van der Waals surface area contributed by atoms with E-state index >= 15 is 0 Å². The van der Waals surface area contributed by atoms with Crippen molar-refractivity contribution in [2.24, 2.45) is 0 Å². The summed E-state index contributed by atoms with van der Waals surface area (Å²) in [6.45, 7) is 4.03. The molecule has 0 saturated carbocycles. The van der Waals surface area contributed by atoms with Crippen LogP contribution in [0.15, 0.2) is 72.8 Å². The average molecular weight is 417 g/mol. The van der Waals surface area contributed by atoms with E-state index in [4.69, 9.17) is 0 Å². The lowest BCUT2D eigenvalue weighted by atomic mass is 9.96. The maximum absolute atomic E-state index is 11.0. The molecule has 0 bridgehead atoms. The molecule has 0 saturated heterocycles. The number of aryl methyl sites for hydroxylation is 2. The first-order valence-corrected chi connectivity index (χ1v) is 10.6. The SMILES string of the molecule is Cc1cc(C=O)ccc1C=Cc1ccc2ccccc2c1C=Cc1ccc(C=O)cc1C. The summed E-state index contributed by atoms with van der Waals surface area (Å²) >= 11 is 0. The van der Waals surface area contributed by atoms with Gasteiger partial charge in [0.2, 0.25) is 0 Å². The third kappa shape index (κ3) is 4.50. The molecular formula is C30H24O2. The van der Waals surface area contributed by atoms with Gasteiger partial charge in [0.1, 0.15) is 12.6 Å². The van der Waals surface area contributed by atoms with E-state index in [1.807, 2.05) is 56.3 Å². The molecule has 0 atom stereocenters. The molecule has 0 aliphatic carbocycles. The van der Waals surface area contributed by atoms with Gasteiger partial charge in [-0.3, -0.25) is 9.59 Å². The van der Waals surface area contributed by atoms with E-state index in [2.05, 4.69) is 54.6 Å². The Morgan fingerprint density at radius 1 is 0.562 bits per heavy atom. The Bertz CT molecular complexity index is 1370. The van der Waals surface area contributed by atoms with Gasteiger partial charge in [0.15, 0.2) is 0 Å². The van der Waals surface area contributed by atoms with Crippen molar-refractivity contribution in [2.75, 3.05) is 0 Å². The van der Waals surface area contributed by atoms with Crippen molar-refractivity contribution in [1.82, 2.24) is 0 Å². The first kappa shape index (κ1) is 21.2. The summed E-state index contributed by atoms with van der Waals surface area (Å²) in [4.78, 5) is 22.1. The molecular weight excluding hydrogens is 392 g/mol. The van der Waals surface area contributed by atoms with Gasteiger partial charge in [-0.2, -0.15) is 0 Å². The molecule has 0 radical (unpaired) electrons. The predicted octanol–water partition coefficient (Wildman–Crippen LogP) is 7.42. The summed E-state index contributed by atoms with van der Waals surface area (Å²) in [7, 11) is 0. The average Bonchev–Trinajstić information content (AvgIpc) is 2.82. The summed E-state index contributed by atoms with van der Waals surface area (Å²) in [6.07, 6.45) is 10.2. The second kappa shape index (κ2) is 9.40. The van der Waals surface area contributed by atoms with Gasteiger partial charge in [0.25, 0.3) is 0 Å². The third-order valence-corrected chi connectivity index (χ3v) is 5.74. The summed E-state index contributed by atoms with van der Waals surface area (Å²) in [5, 5.41) is 2.37. The van der Waals surface area contributed by atoms with Gasteiger partial charge in [-0.25, -0.2) is 0 Å². The highest BCUT2D eigenvalue weighted by Crippen LogP contribution is 2.27. The molecule has 4 aromatic carbocycles. The number of rotatable bonds is 6. The summed E-state index contributed by atoms with van der Waals surface area (Å²) in [5.41, 5.74) is 7.91. The Labute approximate surface area is 188 Å². The Morgan fingerprint density at radius 3 is 1.69 bits per heavy atom. The summed E-state index contributed by atoms with van der Waals surface area (Å²) in [5.74, 6) is 0. The van der Waals surface area contributed by atoms with Crippen LogP contribution in [-0.4, -0.2) is 12.6 Å². The van der Waals surface area contributed by atoms with Gasteiger partial charge in [-0.1, -0.05) is 85.0 Å². The Hall–Kier alpha value is -4.04. The molecule has 0 spiro atoms. The molecule has 0 amide bonds. The minimum absolute atomic E-state index is 0.685. The zero-order valence-electron chi connectivity index (χ0n) is 18.2. The monoisotopic (exact) mass is 416 g/mol. The number of fused-ring (bicyclic) bond motifs is 1. The van der Waals surface area contributed by atoms with Crippen molar-refractivity contribution in [2.45, 2.75) is 13.8 Å². The van der Waals surface area contributed by atoms with Gasteiger partial charge < -0.3 is 0 Å². The molecule has 156 valence electrons. The summed E-state index contributed by atoms with van der Waals surface area (Å²) in [6, 6.07) is 24.1. The van der Waals surface area contributed by atoms with Gasteiger partial charge in [0.05, 0.1) is 0 Å². The van der Waals surface area contributed by atoms with Crippen LogP contribution in [0.5, 0.6) is 0 Å². The highest BCUT2D eigenvalue weighted by atomic mass is 16.1. The van der Waals surface area contributed by atoms with Gasteiger partial charge in [-0.15, -0.1) is 0 Å². The van der Waals surface area contributed by atoms with Crippen molar-refractivity contribution in [3.8, 4) is 0 Å². The van der Waals surface area contributed by atoms with Crippen molar-refractivity contribution < 1.29 is 9.59 Å². The van der Waals surface area contributed by atoms with Crippen molar-refractivity contribution in [1.29, 1.82) is 0 Å². The van der Waals surface area contributed by atoms with Crippen LogP contribution in [0.4, 0.5) is 0 Å². The van der Waals surface area contributed by atoms with Gasteiger partial charge in [0, 0.05) is 11.1 Å². The maximum atomic E-state index is 11.0. The second-order valence-electron chi connectivity index (χ2n) is 7.92. The number of carbonyl (C=O) groups excluding carboxylic acids is 2. The number of hydrogen-bond acceptors (Lipinski definition) is 2. The fourth-order valence-corrected chi connectivity index (χ4v) is 3.91. The number of aldehydes is 2. The standard InChI is InChI=1S/C30H24O2/c1-21-17-23(19-31)7-9-25(21)11-12-28-14-13-27-5-3-4-6-29(27)30(28)16-15-26-10-8-24(20-32)18-22(26)2/h3-20H,1-2H3. The fourth-order valence-electron chi connectivity index (χ4n) is 3.91. The molecule has 0 N–H and O–H groups in total. The molecule has 4 aromatic rings. The van der Waals surface area contributed by atoms with Crippen LogP contribution in [0.2, 0.25) is 0 Å². The van der Waals surface area contributed by atoms with E-state index in [-0.39, 0.29) is 0 Å². The van der Waals surface area contributed by atoms with E-state index in [0.717, 1.165) is 46.0 Å². The van der Waals surface area contributed by atoms with E-state index in [1.165, 1.54) is 10.8 Å². The molecule has 32 heavy (non-hydrogen) atoms. The number of benzene rings is 4. The van der Waals surface area contributed by atoms with Crippen molar-refractivity contribution >= 4 is 47.6 Å². The molecule has 0 aromatic heterocycles. The highest BCUT2D eigenvalue weighted by Gasteiger charge is 2.05. The topological polar surface area (TPSA) is 34.1 Å². The van der Waals surface area contributed by atoms with Crippen LogP contribution in [-0.2, 0) is 0 Å². The zero-order valence-corrected chi connectivity index (χ0v) is 18.2. The maximum Gasteiger partial charge on any atom is 0.150 e. The fraction of sp³-hybridized carbons (Fsp3) is 0.0667. The number of carbonyl (C=O) groups is 2. The minimum atomic E-state index is 0.685. The van der Waals surface area contributed by atoms with Crippen LogP contribution < -0.4 is 0 Å². The molecule has 0 fully saturated rings. The van der Waals surface area contributed by atoms with E-state index in [0.29, 0.717) is 11.1 Å². The van der Waals surface area contributed by atoms with Crippen molar-refractivity contribution in [3.05, 3.63) is 117 Å². The van der Waals surface area contributed by atoms with Crippen LogP contribution in [0.25, 0.3) is 35.1 Å². The lowest BCUT2D eigenvalue weighted by Crippen LogP contribution is -1.88.